The molecule has 6 nitrogen and oxygen atoms in total. The molecule has 0 unspecified atom stereocenters. The van der Waals surface area contributed by atoms with Crippen LogP contribution >= 0.6 is 15.9 Å². The predicted octanol–water partition coefficient (Wildman–Crippen LogP) is 3.22. The van der Waals surface area contributed by atoms with E-state index in [0.717, 1.165) is 12.8 Å². The van der Waals surface area contributed by atoms with Crippen molar-refractivity contribution in [1.82, 2.24) is 14.7 Å². The molecule has 1 amide bonds. The molecular formula is C14H19BrN4O2. The van der Waals surface area contributed by atoms with Gasteiger partial charge in [-0.05, 0) is 49.5 Å². The van der Waals surface area contributed by atoms with Crippen molar-refractivity contribution in [2.75, 3.05) is 7.05 Å². The Bertz CT molecular complexity index is 593. The molecule has 114 valence electrons. The summed E-state index contributed by atoms with van der Waals surface area (Å²) in [5.74, 6) is 0. The zero-order valence-electron chi connectivity index (χ0n) is 12.7. The lowest BCUT2D eigenvalue weighted by atomic mass is 10.2. The zero-order chi connectivity index (χ0) is 15.8. The summed E-state index contributed by atoms with van der Waals surface area (Å²) in [5, 5.41) is 13.7. The molecule has 1 aromatic rings. The molecule has 0 atom stereocenters. The molecule has 0 aromatic carbocycles. The normalized spacial score (nSPS) is 14.7. The number of halogens is 1. The van der Waals surface area contributed by atoms with E-state index in [1.165, 1.54) is 4.90 Å². The average molecular weight is 355 g/mol. The van der Waals surface area contributed by atoms with Crippen molar-refractivity contribution in [3.63, 3.8) is 0 Å². The number of hydrogen-bond donors (Lipinski definition) is 0. The Morgan fingerprint density at radius 3 is 2.67 bits per heavy atom. The topological polar surface area (TPSA) is 71.2 Å². The van der Waals surface area contributed by atoms with E-state index >= 15 is 0 Å². The third-order valence-electron chi connectivity index (χ3n) is 3.01. The van der Waals surface area contributed by atoms with Gasteiger partial charge in [-0.2, -0.15) is 10.4 Å². The van der Waals surface area contributed by atoms with Crippen molar-refractivity contribution in [2.24, 2.45) is 0 Å². The van der Waals surface area contributed by atoms with E-state index in [1.807, 2.05) is 20.8 Å². The van der Waals surface area contributed by atoms with Gasteiger partial charge in [-0.25, -0.2) is 4.79 Å². The second kappa shape index (κ2) is 5.68. The summed E-state index contributed by atoms with van der Waals surface area (Å²) < 4.78 is 7.72. The summed E-state index contributed by atoms with van der Waals surface area (Å²) in [6.45, 7) is 5.77. The maximum Gasteiger partial charge on any atom is 0.410 e. The van der Waals surface area contributed by atoms with Crippen molar-refractivity contribution >= 4 is 22.0 Å². The summed E-state index contributed by atoms with van der Waals surface area (Å²) in [7, 11) is 1.66. The molecule has 1 aromatic heterocycles. The van der Waals surface area contributed by atoms with Crippen LogP contribution in [0.25, 0.3) is 0 Å². The predicted molar refractivity (Wildman–Crippen MR) is 80.6 cm³/mol. The number of amides is 1. The van der Waals surface area contributed by atoms with E-state index in [1.54, 1.807) is 11.7 Å². The van der Waals surface area contributed by atoms with Gasteiger partial charge >= 0.3 is 6.09 Å². The van der Waals surface area contributed by atoms with Crippen LogP contribution in [-0.4, -0.2) is 33.4 Å². The number of carbonyl (C=O) groups excluding carboxylic acids is 1. The lowest BCUT2D eigenvalue weighted by molar-refractivity contribution is 0.0282. The van der Waals surface area contributed by atoms with E-state index in [9.17, 15) is 10.1 Å². The zero-order valence-corrected chi connectivity index (χ0v) is 14.3. The molecule has 21 heavy (non-hydrogen) atoms. The van der Waals surface area contributed by atoms with Gasteiger partial charge in [0.2, 0.25) is 0 Å². The van der Waals surface area contributed by atoms with E-state index in [-0.39, 0.29) is 0 Å². The van der Waals surface area contributed by atoms with Crippen LogP contribution in [0.3, 0.4) is 0 Å². The molecule has 1 aliphatic carbocycles. The highest BCUT2D eigenvalue weighted by atomic mass is 79.9. The maximum atomic E-state index is 12.0. The van der Waals surface area contributed by atoms with Crippen molar-refractivity contribution in [1.29, 1.82) is 5.26 Å². The van der Waals surface area contributed by atoms with Gasteiger partial charge in [0.05, 0.1) is 22.8 Å². The Labute approximate surface area is 132 Å². The molecule has 1 heterocycles. The maximum absolute atomic E-state index is 12.0. The summed E-state index contributed by atoms with van der Waals surface area (Å²) in [6, 6.07) is 2.48. The first kappa shape index (κ1) is 15.8. The van der Waals surface area contributed by atoms with Crippen molar-refractivity contribution in [3.05, 3.63) is 15.9 Å². The number of nitrogens with zero attached hydrogens (tertiary/aromatic N) is 4. The van der Waals surface area contributed by atoms with Crippen LogP contribution < -0.4 is 0 Å². The third kappa shape index (κ3) is 3.76. The number of rotatable bonds is 3. The Hall–Kier alpha value is -1.55. The van der Waals surface area contributed by atoms with Gasteiger partial charge in [0, 0.05) is 7.05 Å². The fourth-order valence-electron chi connectivity index (χ4n) is 1.87. The minimum atomic E-state index is -0.534. The van der Waals surface area contributed by atoms with Gasteiger partial charge in [-0.15, -0.1) is 0 Å². The van der Waals surface area contributed by atoms with E-state index in [0.29, 0.717) is 28.4 Å². The highest BCUT2D eigenvalue weighted by Crippen LogP contribution is 2.37. The first-order valence-electron chi connectivity index (χ1n) is 6.84. The second-order valence-corrected chi connectivity index (χ2v) is 7.03. The Morgan fingerprint density at radius 1 is 1.57 bits per heavy atom. The monoisotopic (exact) mass is 354 g/mol. The van der Waals surface area contributed by atoms with Gasteiger partial charge in [0.25, 0.3) is 0 Å². The highest BCUT2D eigenvalue weighted by Gasteiger charge is 2.30. The van der Waals surface area contributed by atoms with Gasteiger partial charge < -0.3 is 9.64 Å². The molecule has 1 fully saturated rings. The molecule has 0 aliphatic heterocycles. The quantitative estimate of drug-likeness (QED) is 0.835. The fourth-order valence-corrected chi connectivity index (χ4v) is 2.35. The third-order valence-corrected chi connectivity index (χ3v) is 3.84. The first-order chi connectivity index (χ1) is 9.73. The second-order valence-electron chi connectivity index (χ2n) is 6.23. The Balaban J connectivity index is 2.13. The molecule has 0 saturated heterocycles. The van der Waals surface area contributed by atoms with Gasteiger partial charge in [-0.3, -0.25) is 4.68 Å². The number of nitriles is 1. The number of hydrogen-bond acceptors (Lipinski definition) is 4. The van der Waals surface area contributed by atoms with Crippen molar-refractivity contribution in [3.8, 4) is 6.07 Å². The molecule has 0 radical (unpaired) electrons. The highest BCUT2D eigenvalue weighted by molar-refractivity contribution is 9.10. The summed E-state index contributed by atoms with van der Waals surface area (Å²) in [5.41, 5.74) is 0.658. The lowest BCUT2D eigenvalue weighted by Crippen LogP contribution is -2.34. The smallest absolute Gasteiger partial charge is 0.410 e. The number of ether oxygens (including phenoxy) is 1. The van der Waals surface area contributed by atoms with Crippen LogP contribution in [-0.2, 0) is 11.3 Å². The van der Waals surface area contributed by atoms with Crippen LogP contribution in [0.2, 0.25) is 0 Å². The Morgan fingerprint density at radius 2 is 2.19 bits per heavy atom. The SMILES string of the molecule is CN(Cc1nn(C2CC2)c(C#N)c1Br)C(=O)OC(C)(C)C. The first-order valence-corrected chi connectivity index (χ1v) is 7.63. The van der Waals surface area contributed by atoms with Crippen LogP contribution in [0.15, 0.2) is 4.47 Å². The Kier molecular flexibility index (Phi) is 4.28. The summed E-state index contributed by atoms with van der Waals surface area (Å²) in [6.07, 6.45) is 1.68. The molecule has 1 aliphatic rings. The molecule has 0 bridgehead atoms. The largest absolute Gasteiger partial charge is 0.444 e. The summed E-state index contributed by atoms with van der Waals surface area (Å²) in [4.78, 5) is 13.4. The van der Waals surface area contributed by atoms with E-state index in [2.05, 4.69) is 27.1 Å². The molecule has 0 N–H and O–H groups in total. The standard InChI is InChI=1S/C14H19BrN4O2/c1-14(2,3)21-13(20)18(4)8-10-12(15)11(7-16)19(17-10)9-5-6-9/h9H,5-6,8H2,1-4H3. The minimum absolute atomic E-state index is 0.296. The molecule has 1 saturated carbocycles. The molecular weight excluding hydrogens is 336 g/mol. The minimum Gasteiger partial charge on any atom is -0.444 e. The van der Waals surface area contributed by atoms with E-state index in [4.69, 9.17) is 4.74 Å². The van der Waals surface area contributed by atoms with Crippen LogP contribution in [0.4, 0.5) is 4.79 Å². The molecule has 0 spiro atoms. The molecule has 7 heteroatoms. The van der Waals surface area contributed by atoms with Crippen LogP contribution in [0.5, 0.6) is 0 Å². The van der Waals surface area contributed by atoms with Gasteiger partial charge in [0.1, 0.15) is 11.7 Å². The number of aromatic nitrogens is 2. The molecule has 2 rings (SSSR count). The van der Waals surface area contributed by atoms with Gasteiger partial charge in [-0.1, -0.05) is 0 Å². The fraction of sp³-hybridized carbons (Fsp3) is 0.643. The van der Waals surface area contributed by atoms with Gasteiger partial charge in [0.15, 0.2) is 5.69 Å². The van der Waals surface area contributed by atoms with Crippen LogP contribution in [0.1, 0.15) is 51.0 Å². The summed E-state index contributed by atoms with van der Waals surface area (Å²) >= 11 is 3.41. The number of carbonyl (C=O) groups is 1. The van der Waals surface area contributed by atoms with E-state index < -0.39 is 11.7 Å². The van der Waals surface area contributed by atoms with Crippen molar-refractivity contribution in [2.45, 2.75) is 51.8 Å². The lowest BCUT2D eigenvalue weighted by Gasteiger charge is -2.24. The van der Waals surface area contributed by atoms with Crippen molar-refractivity contribution < 1.29 is 9.53 Å². The van der Waals surface area contributed by atoms with Crippen LogP contribution in [0, 0.1) is 11.3 Å². The average Bonchev–Trinajstić information content (AvgIpc) is 3.14.